The fourth-order valence-corrected chi connectivity index (χ4v) is 2.40. The summed E-state index contributed by atoms with van der Waals surface area (Å²) in [6.45, 7) is 4.89. The maximum absolute atomic E-state index is 9.89. The molecule has 2 N–H and O–H groups in total. The molecule has 5 heteroatoms. The molecule has 0 saturated heterocycles. The van der Waals surface area contributed by atoms with Gasteiger partial charge in [-0.25, -0.2) is 0 Å². The number of benzene rings is 1. The van der Waals surface area contributed by atoms with Crippen molar-refractivity contribution >= 4 is 23.4 Å². The lowest BCUT2D eigenvalue weighted by Crippen LogP contribution is -2.36. The first-order valence-electron chi connectivity index (χ1n) is 6.82. The van der Waals surface area contributed by atoms with Crippen molar-refractivity contribution in [2.45, 2.75) is 32.4 Å². The van der Waals surface area contributed by atoms with Crippen LogP contribution in [0.1, 0.15) is 18.9 Å². The highest BCUT2D eigenvalue weighted by Crippen LogP contribution is 2.21. The van der Waals surface area contributed by atoms with Crippen LogP contribution in [0.25, 0.3) is 0 Å². The summed E-state index contributed by atoms with van der Waals surface area (Å²) in [6.07, 6.45) is 2.69. The van der Waals surface area contributed by atoms with E-state index in [0.717, 1.165) is 28.5 Å². The van der Waals surface area contributed by atoms with Crippen LogP contribution in [0.15, 0.2) is 18.2 Å². The van der Waals surface area contributed by atoms with Crippen molar-refractivity contribution in [2.24, 2.45) is 0 Å². The molecule has 0 aromatic heterocycles. The van der Waals surface area contributed by atoms with Gasteiger partial charge in [0.1, 0.15) is 18.5 Å². The first-order valence-corrected chi connectivity index (χ1v) is 8.59. The van der Waals surface area contributed by atoms with Crippen LogP contribution in [-0.2, 0) is 0 Å². The Morgan fingerprint density at radius 2 is 2.20 bits per heavy atom. The van der Waals surface area contributed by atoms with Gasteiger partial charge in [0.15, 0.2) is 0 Å². The molecule has 2 atom stereocenters. The Bertz CT molecular complexity index is 403. The Kier molecular flexibility index (Phi) is 8.38. The first-order chi connectivity index (χ1) is 9.52. The number of hydrogen-bond acceptors (Lipinski definition) is 4. The van der Waals surface area contributed by atoms with Crippen molar-refractivity contribution in [3.8, 4) is 5.75 Å². The molecular formula is C15H24ClNO2S. The second kappa shape index (κ2) is 9.50. The highest BCUT2D eigenvalue weighted by atomic mass is 35.5. The predicted molar refractivity (Wildman–Crippen MR) is 88.2 cm³/mol. The summed E-state index contributed by atoms with van der Waals surface area (Å²) in [5.74, 6) is 1.87. The minimum Gasteiger partial charge on any atom is -0.491 e. The summed E-state index contributed by atoms with van der Waals surface area (Å²) in [5, 5.41) is 13.9. The van der Waals surface area contributed by atoms with Crippen LogP contribution < -0.4 is 10.1 Å². The lowest BCUT2D eigenvalue weighted by atomic mass is 10.2. The number of aryl methyl sites for hydroxylation is 1. The largest absolute Gasteiger partial charge is 0.491 e. The van der Waals surface area contributed by atoms with Gasteiger partial charge in [-0.3, -0.25) is 0 Å². The average Bonchev–Trinajstić information content (AvgIpc) is 2.44. The van der Waals surface area contributed by atoms with Crippen molar-refractivity contribution in [3.63, 3.8) is 0 Å². The lowest BCUT2D eigenvalue weighted by molar-refractivity contribution is 0.104. The molecule has 0 aliphatic heterocycles. The van der Waals surface area contributed by atoms with E-state index >= 15 is 0 Å². The first kappa shape index (κ1) is 17.6. The Hall–Kier alpha value is -0.420. The van der Waals surface area contributed by atoms with E-state index in [-0.39, 0.29) is 6.61 Å². The topological polar surface area (TPSA) is 41.5 Å². The number of ether oxygens (including phenoxy) is 1. The van der Waals surface area contributed by atoms with E-state index in [1.54, 1.807) is 6.07 Å². The molecule has 0 amide bonds. The van der Waals surface area contributed by atoms with Gasteiger partial charge in [0.2, 0.25) is 0 Å². The molecule has 0 aliphatic carbocycles. The Morgan fingerprint density at radius 3 is 2.85 bits per heavy atom. The van der Waals surface area contributed by atoms with Crippen LogP contribution in [-0.4, -0.2) is 42.4 Å². The van der Waals surface area contributed by atoms with E-state index < -0.39 is 6.10 Å². The molecule has 0 spiro atoms. The van der Waals surface area contributed by atoms with E-state index in [9.17, 15) is 5.11 Å². The van der Waals surface area contributed by atoms with Gasteiger partial charge in [0.25, 0.3) is 0 Å². The molecule has 1 aromatic rings. The standard InChI is InChI=1S/C15H24ClNO2S/c1-11-8-14(4-5-15(11)16)19-10-13(18)9-17-12(2)6-7-20-3/h4-5,8,12-13,17-18H,6-7,9-10H2,1-3H3/t12-,13-/m0/s1. The van der Waals surface area contributed by atoms with Gasteiger partial charge in [0, 0.05) is 17.6 Å². The fraction of sp³-hybridized carbons (Fsp3) is 0.600. The zero-order valence-corrected chi connectivity index (χ0v) is 13.9. The van der Waals surface area contributed by atoms with Crippen molar-refractivity contribution in [3.05, 3.63) is 28.8 Å². The van der Waals surface area contributed by atoms with Gasteiger partial charge in [0.05, 0.1) is 0 Å². The molecule has 114 valence electrons. The minimum absolute atomic E-state index is 0.281. The van der Waals surface area contributed by atoms with Gasteiger partial charge in [-0.05, 0) is 56.0 Å². The van der Waals surface area contributed by atoms with Crippen molar-refractivity contribution < 1.29 is 9.84 Å². The Labute approximate surface area is 131 Å². The second-order valence-corrected chi connectivity index (χ2v) is 6.36. The highest BCUT2D eigenvalue weighted by Gasteiger charge is 2.08. The maximum Gasteiger partial charge on any atom is 0.119 e. The molecule has 0 heterocycles. The Balaban J connectivity index is 2.25. The third kappa shape index (κ3) is 6.84. The molecule has 1 aromatic carbocycles. The number of thioether (sulfide) groups is 1. The summed E-state index contributed by atoms with van der Waals surface area (Å²) >= 11 is 7.79. The van der Waals surface area contributed by atoms with E-state index in [0.29, 0.717) is 12.6 Å². The summed E-state index contributed by atoms with van der Waals surface area (Å²) in [7, 11) is 0. The fourth-order valence-electron chi connectivity index (χ4n) is 1.69. The summed E-state index contributed by atoms with van der Waals surface area (Å²) < 4.78 is 5.56. The average molecular weight is 318 g/mol. The van der Waals surface area contributed by atoms with E-state index in [4.69, 9.17) is 16.3 Å². The summed E-state index contributed by atoms with van der Waals surface area (Å²) in [6, 6.07) is 5.91. The van der Waals surface area contributed by atoms with Gasteiger partial charge in [-0.2, -0.15) is 11.8 Å². The predicted octanol–water partition coefficient (Wildman–Crippen LogP) is 3.12. The smallest absolute Gasteiger partial charge is 0.119 e. The number of aliphatic hydroxyl groups is 1. The van der Waals surface area contributed by atoms with Crippen LogP contribution in [0.4, 0.5) is 0 Å². The minimum atomic E-state index is -0.511. The molecule has 1 rings (SSSR count). The van der Waals surface area contributed by atoms with Crippen LogP contribution in [0.5, 0.6) is 5.75 Å². The number of hydrogen-bond donors (Lipinski definition) is 2. The van der Waals surface area contributed by atoms with Gasteiger partial charge >= 0.3 is 0 Å². The summed E-state index contributed by atoms with van der Waals surface area (Å²) in [4.78, 5) is 0. The van der Waals surface area contributed by atoms with Crippen LogP contribution in [0.3, 0.4) is 0 Å². The van der Waals surface area contributed by atoms with Gasteiger partial charge in [-0.1, -0.05) is 11.6 Å². The van der Waals surface area contributed by atoms with Crippen LogP contribution in [0.2, 0.25) is 5.02 Å². The van der Waals surface area contributed by atoms with E-state index in [1.165, 1.54) is 0 Å². The monoisotopic (exact) mass is 317 g/mol. The normalized spacial score (nSPS) is 14.1. The molecule has 0 saturated carbocycles. The zero-order valence-electron chi connectivity index (χ0n) is 12.4. The number of halogens is 1. The summed E-state index contributed by atoms with van der Waals surface area (Å²) in [5.41, 5.74) is 0.975. The van der Waals surface area contributed by atoms with E-state index in [2.05, 4.69) is 18.5 Å². The van der Waals surface area contributed by atoms with Crippen molar-refractivity contribution in [1.29, 1.82) is 0 Å². The molecule has 0 unspecified atom stereocenters. The van der Waals surface area contributed by atoms with Crippen LogP contribution in [0, 0.1) is 6.92 Å². The quantitative estimate of drug-likeness (QED) is 0.734. The molecule has 20 heavy (non-hydrogen) atoms. The van der Waals surface area contributed by atoms with Gasteiger partial charge in [-0.15, -0.1) is 0 Å². The molecule has 3 nitrogen and oxygen atoms in total. The molecule has 0 aliphatic rings. The maximum atomic E-state index is 9.89. The molecule has 0 bridgehead atoms. The lowest BCUT2D eigenvalue weighted by Gasteiger charge is -2.17. The SMILES string of the molecule is CSCC[C@H](C)NC[C@H](O)COc1ccc(Cl)c(C)c1. The van der Waals surface area contributed by atoms with Gasteiger partial charge < -0.3 is 15.2 Å². The van der Waals surface area contributed by atoms with Crippen LogP contribution >= 0.6 is 23.4 Å². The second-order valence-electron chi connectivity index (χ2n) is 4.97. The molecule has 0 fully saturated rings. The number of nitrogens with one attached hydrogen (secondary N) is 1. The molecular weight excluding hydrogens is 294 g/mol. The third-order valence-corrected chi connectivity index (χ3v) is 4.10. The van der Waals surface area contributed by atoms with Crippen molar-refractivity contribution in [2.75, 3.05) is 25.2 Å². The van der Waals surface area contributed by atoms with E-state index in [1.807, 2.05) is 30.8 Å². The third-order valence-electron chi connectivity index (χ3n) is 3.03. The molecule has 0 radical (unpaired) electrons. The number of rotatable bonds is 9. The number of aliphatic hydroxyl groups excluding tert-OH is 1. The Morgan fingerprint density at radius 1 is 1.45 bits per heavy atom. The highest BCUT2D eigenvalue weighted by molar-refractivity contribution is 7.98. The zero-order chi connectivity index (χ0) is 15.0. The van der Waals surface area contributed by atoms with Crippen molar-refractivity contribution in [1.82, 2.24) is 5.32 Å².